The van der Waals surface area contributed by atoms with Crippen LogP contribution in [0.5, 0.6) is 5.75 Å². The van der Waals surface area contributed by atoms with Gasteiger partial charge in [0.15, 0.2) is 0 Å². The van der Waals surface area contributed by atoms with Crippen LogP contribution in [-0.4, -0.2) is 22.6 Å². The summed E-state index contributed by atoms with van der Waals surface area (Å²) >= 11 is 0. The van der Waals surface area contributed by atoms with Crippen LogP contribution in [0.3, 0.4) is 0 Å². The quantitative estimate of drug-likeness (QED) is 0.816. The molecule has 2 N–H and O–H groups in total. The van der Waals surface area contributed by atoms with Crippen molar-refractivity contribution in [3.05, 3.63) is 59.7 Å². The van der Waals surface area contributed by atoms with Crippen LogP contribution >= 0.6 is 0 Å². The normalized spacial score (nSPS) is 12.8. The van der Waals surface area contributed by atoms with Gasteiger partial charge in [0.05, 0.1) is 12.0 Å². The summed E-state index contributed by atoms with van der Waals surface area (Å²) in [6.07, 6.45) is 0. The maximum Gasteiger partial charge on any atom is 0.240 e. The molecule has 0 fully saturated rings. The Balaban J connectivity index is 2.09. The van der Waals surface area contributed by atoms with Crippen molar-refractivity contribution in [1.29, 1.82) is 0 Å². The molecule has 0 aromatic heterocycles. The molecule has 23 heavy (non-hydrogen) atoms. The Morgan fingerprint density at radius 1 is 1.13 bits per heavy atom. The number of nitrogens with one attached hydrogen (secondary N) is 2. The summed E-state index contributed by atoms with van der Waals surface area (Å²) in [4.78, 5) is 0.271. The molecule has 2 rings (SSSR count). The van der Waals surface area contributed by atoms with Gasteiger partial charge in [-0.25, -0.2) is 13.1 Å². The van der Waals surface area contributed by atoms with Gasteiger partial charge < -0.3 is 10.1 Å². The Morgan fingerprint density at radius 3 is 2.57 bits per heavy atom. The molecule has 6 heteroatoms. The van der Waals surface area contributed by atoms with E-state index in [9.17, 15) is 8.42 Å². The van der Waals surface area contributed by atoms with Gasteiger partial charge in [0, 0.05) is 12.6 Å². The first-order valence-corrected chi connectivity index (χ1v) is 8.84. The molecule has 0 heterocycles. The zero-order chi connectivity index (χ0) is 16.9. The zero-order valence-corrected chi connectivity index (χ0v) is 14.4. The van der Waals surface area contributed by atoms with E-state index in [2.05, 4.69) is 10.0 Å². The van der Waals surface area contributed by atoms with E-state index in [1.165, 1.54) is 7.05 Å². The molecule has 0 amide bonds. The number of ether oxygens (including phenoxy) is 1. The lowest BCUT2D eigenvalue weighted by molar-refractivity contribution is 0.414. The van der Waals surface area contributed by atoms with Gasteiger partial charge in [-0.2, -0.15) is 0 Å². The molecule has 0 aliphatic heterocycles. The highest BCUT2D eigenvalue weighted by Gasteiger charge is 2.13. The summed E-state index contributed by atoms with van der Waals surface area (Å²) < 4.78 is 31.3. The molecule has 0 saturated carbocycles. The largest absolute Gasteiger partial charge is 0.497 e. The minimum atomic E-state index is -3.42. The summed E-state index contributed by atoms with van der Waals surface area (Å²) in [7, 11) is -0.374. The van der Waals surface area contributed by atoms with Crippen LogP contribution in [0.1, 0.15) is 24.1 Å². The van der Waals surface area contributed by atoms with Crippen LogP contribution in [0, 0.1) is 0 Å². The number of sulfonamides is 1. The van der Waals surface area contributed by atoms with Crippen molar-refractivity contribution >= 4 is 10.0 Å². The molecule has 0 aliphatic rings. The highest BCUT2D eigenvalue weighted by molar-refractivity contribution is 7.89. The Labute approximate surface area is 137 Å². The third-order valence-electron chi connectivity index (χ3n) is 3.68. The fraction of sp³-hybridized carbons (Fsp3) is 0.294. The fourth-order valence-corrected chi connectivity index (χ4v) is 3.02. The predicted octanol–water partition coefficient (Wildman–Crippen LogP) is 2.45. The molecule has 124 valence electrons. The summed E-state index contributed by atoms with van der Waals surface area (Å²) in [6, 6.07) is 14.8. The monoisotopic (exact) mass is 334 g/mol. The van der Waals surface area contributed by atoms with Gasteiger partial charge in [-0.3, -0.25) is 0 Å². The van der Waals surface area contributed by atoms with Crippen LogP contribution in [0.4, 0.5) is 0 Å². The second-order valence-corrected chi connectivity index (χ2v) is 7.12. The van der Waals surface area contributed by atoms with Crippen molar-refractivity contribution < 1.29 is 13.2 Å². The van der Waals surface area contributed by atoms with Crippen LogP contribution in [0.15, 0.2) is 53.4 Å². The van der Waals surface area contributed by atoms with Crippen molar-refractivity contribution in [2.24, 2.45) is 0 Å². The van der Waals surface area contributed by atoms with Gasteiger partial charge in [0.1, 0.15) is 5.75 Å². The molecule has 5 nitrogen and oxygen atoms in total. The summed E-state index contributed by atoms with van der Waals surface area (Å²) in [6.45, 7) is 2.67. The number of benzene rings is 2. The highest BCUT2D eigenvalue weighted by atomic mass is 32.2. The predicted molar refractivity (Wildman–Crippen MR) is 90.9 cm³/mol. The average Bonchev–Trinajstić information content (AvgIpc) is 2.60. The maximum atomic E-state index is 11.9. The summed E-state index contributed by atoms with van der Waals surface area (Å²) in [5.74, 6) is 0.819. The van der Waals surface area contributed by atoms with Crippen molar-refractivity contribution in [2.75, 3.05) is 14.2 Å². The van der Waals surface area contributed by atoms with E-state index < -0.39 is 10.0 Å². The smallest absolute Gasteiger partial charge is 0.240 e. The average molecular weight is 334 g/mol. The van der Waals surface area contributed by atoms with E-state index in [4.69, 9.17) is 4.74 Å². The zero-order valence-electron chi connectivity index (χ0n) is 13.5. The Hall–Kier alpha value is -1.89. The summed E-state index contributed by atoms with van der Waals surface area (Å²) in [5.41, 5.74) is 2.03. The lowest BCUT2D eigenvalue weighted by Crippen LogP contribution is -2.21. The van der Waals surface area contributed by atoms with Gasteiger partial charge >= 0.3 is 0 Å². The topological polar surface area (TPSA) is 67.4 Å². The number of methoxy groups -OCH3 is 1. The minimum absolute atomic E-state index is 0.0215. The third-order valence-corrected chi connectivity index (χ3v) is 5.10. The molecule has 0 bridgehead atoms. The van der Waals surface area contributed by atoms with Crippen molar-refractivity contribution in [1.82, 2.24) is 10.0 Å². The second-order valence-electron chi connectivity index (χ2n) is 5.23. The van der Waals surface area contributed by atoms with Crippen LogP contribution in [0.25, 0.3) is 0 Å². The van der Waals surface area contributed by atoms with E-state index in [0.717, 1.165) is 16.9 Å². The van der Waals surface area contributed by atoms with E-state index >= 15 is 0 Å². The van der Waals surface area contributed by atoms with Crippen molar-refractivity contribution in [3.63, 3.8) is 0 Å². The van der Waals surface area contributed by atoms with Gasteiger partial charge in [-0.1, -0.05) is 24.3 Å². The number of hydrogen-bond acceptors (Lipinski definition) is 4. The van der Waals surface area contributed by atoms with Gasteiger partial charge in [-0.05, 0) is 49.4 Å². The fourth-order valence-electron chi connectivity index (χ4n) is 2.24. The molecule has 0 saturated heterocycles. The van der Waals surface area contributed by atoms with E-state index in [1.54, 1.807) is 25.3 Å². The third kappa shape index (κ3) is 4.54. The number of rotatable bonds is 7. The van der Waals surface area contributed by atoms with Crippen molar-refractivity contribution in [2.45, 2.75) is 24.4 Å². The lowest BCUT2D eigenvalue weighted by Gasteiger charge is -2.16. The van der Waals surface area contributed by atoms with E-state index in [-0.39, 0.29) is 10.9 Å². The van der Waals surface area contributed by atoms with E-state index in [0.29, 0.717) is 6.54 Å². The number of hydrogen-bond donors (Lipinski definition) is 2. The van der Waals surface area contributed by atoms with Gasteiger partial charge in [0.2, 0.25) is 10.0 Å². The Bertz CT molecular complexity index is 760. The minimum Gasteiger partial charge on any atom is -0.497 e. The molecule has 0 spiro atoms. The van der Waals surface area contributed by atoms with Gasteiger partial charge in [0.25, 0.3) is 0 Å². The van der Waals surface area contributed by atoms with Crippen LogP contribution in [-0.2, 0) is 16.6 Å². The van der Waals surface area contributed by atoms with Gasteiger partial charge in [-0.15, -0.1) is 0 Å². The Morgan fingerprint density at radius 2 is 1.87 bits per heavy atom. The summed E-state index contributed by atoms with van der Waals surface area (Å²) in [5, 5.41) is 3.39. The second kappa shape index (κ2) is 7.59. The molecular formula is C17H22N2O3S. The molecule has 0 aliphatic carbocycles. The first-order valence-electron chi connectivity index (χ1n) is 7.36. The first-order chi connectivity index (χ1) is 11.0. The molecule has 2 aromatic carbocycles. The van der Waals surface area contributed by atoms with E-state index in [1.807, 2.05) is 37.3 Å². The highest BCUT2D eigenvalue weighted by Crippen LogP contribution is 2.18. The molecular weight excluding hydrogens is 312 g/mol. The molecule has 2 aromatic rings. The molecule has 1 atom stereocenters. The lowest BCUT2D eigenvalue weighted by atomic mass is 10.1. The molecule has 0 unspecified atom stereocenters. The van der Waals surface area contributed by atoms with Crippen LogP contribution in [0.2, 0.25) is 0 Å². The SMILES string of the molecule is CNS(=O)(=O)c1cccc([C@H](C)NCc2cccc(OC)c2)c1. The molecule has 0 radical (unpaired) electrons. The van der Waals surface area contributed by atoms with Crippen LogP contribution < -0.4 is 14.8 Å². The Kier molecular flexibility index (Phi) is 5.76. The maximum absolute atomic E-state index is 11.9. The van der Waals surface area contributed by atoms with Crippen molar-refractivity contribution in [3.8, 4) is 5.75 Å². The first kappa shape index (κ1) is 17.5. The standard InChI is InChI=1S/C17H22N2O3S/c1-13(19-12-14-6-4-8-16(10-14)22-3)15-7-5-9-17(11-15)23(20,21)18-2/h4-11,13,18-19H,12H2,1-3H3/t13-/m0/s1.